The molecule has 0 bridgehead atoms. The molecule has 2 atom stereocenters. The zero-order chi connectivity index (χ0) is 59.1. The van der Waals surface area contributed by atoms with E-state index < -0.39 is 26.5 Å². The molecule has 0 saturated carbocycles. The zero-order valence-electron chi connectivity index (χ0n) is 53.8. The van der Waals surface area contributed by atoms with E-state index in [1.54, 1.807) is 0 Å². The number of ether oxygens (including phenoxy) is 2. The quantitative estimate of drug-likeness (QED) is 0.0211. The number of esters is 2. The minimum Gasteiger partial charge on any atom is -0.462 e. The van der Waals surface area contributed by atoms with Gasteiger partial charge in [-0.05, 0) is 64.2 Å². The maximum absolute atomic E-state index is 12.8. The van der Waals surface area contributed by atoms with Gasteiger partial charge < -0.3 is 18.9 Å². The molecule has 10 heteroatoms. The Morgan fingerprint density at radius 1 is 0.395 bits per heavy atom. The maximum Gasteiger partial charge on any atom is 0.472 e. The Balaban J connectivity index is 4.03. The Morgan fingerprint density at radius 2 is 0.704 bits per heavy atom. The van der Waals surface area contributed by atoms with Gasteiger partial charge in [-0.1, -0.05) is 311 Å². The number of nitrogens with zero attached hydrogens (tertiary/aromatic N) is 1. The summed E-state index contributed by atoms with van der Waals surface area (Å²) in [4.78, 5) is 35.8. The van der Waals surface area contributed by atoms with Crippen LogP contribution in [0.4, 0.5) is 0 Å². The Hall–Kier alpha value is -2.55. The lowest BCUT2D eigenvalue weighted by molar-refractivity contribution is -0.870. The zero-order valence-corrected chi connectivity index (χ0v) is 54.7. The van der Waals surface area contributed by atoms with Crippen molar-refractivity contribution in [2.24, 2.45) is 0 Å². The van der Waals surface area contributed by atoms with Crippen molar-refractivity contribution in [3.8, 4) is 0 Å². The first-order valence-electron chi connectivity index (χ1n) is 34.2. The first-order valence-corrected chi connectivity index (χ1v) is 35.7. The van der Waals surface area contributed by atoms with Gasteiger partial charge in [0, 0.05) is 12.8 Å². The Kier molecular flexibility index (Phi) is 60.0. The highest BCUT2D eigenvalue weighted by Crippen LogP contribution is 2.43. The van der Waals surface area contributed by atoms with Crippen LogP contribution >= 0.6 is 7.82 Å². The summed E-state index contributed by atoms with van der Waals surface area (Å²) >= 11 is 0. The van der Waals surface area contributed by atoms with Crippen LogP contribution < -0.4 is 0 Å². The number of hydrogen-bond acceptors (Lipinski definition) is 7. The van der Waals surface area contributed by atoms with E-state index in [0.29, 0.717) is 17.4 Å². The maximum atomic E-state index is 12.8. The average molecular weight is 1160 g/mol. The minimum absolute atomic E-state index is 0.0244. The SMILES string of the molecule is CC/C=C\C/C=C\C/C=C\C/C=C\C/C=C\C/C=C\CCCCCCC(=O)OC(COC(=O)CCCCCCCCCCCCCCCCCCCCCCCCCCCCCCCCCCCC)COP(=O)(O)OCC[N+](C)(C)C. The predicted molar refractivity (Wildman–Crippen MR) is 349 cm³/mol. The molecule has 2 unspecified atom stereocenters. The number of likely N-dealkylation sites (N-methyl/N-ethyl adjacent to an activating group) is 1. The molecule has 1 N–H and O–H groups in total. The van der Waals surface area contributed by atoms with E-state index in [2.05, 4.69) is 86.8 Å². The van der Waals surface area contributed by atoms with Gasteiger partial charge in [0.05, 0.1) is 27.7 Å². The van der Waals surface area contributed by atoms with Crippen LogP contribution in [0.1, 0.15) is 316 Å². The lowest BCUT2D eigenvalue weighted by Crippen LogP contribution is -2.37. The molecule has 0 aliphatic rings. The lowest BCUT2D eigenvalue weighted by Gasteiger charge is -2.24. The molecule has 472 valence electrons. The van der Waals surface area contributed by atoms with Crippen LogP contribution in [0.5, 0.6) is 0 Å². The molecular weight excluding hydrogens is 1030 g/mol. The van der Waals surface area contributed by atoms with E-state index in [1.165, 1.54) is 199 Å². The van der Waals surface area contributed by atoms with Gasteiger partial charge in [0.1, 0.15) is 19.8 Å². The molecule has 0 heterocycles. The summed E-state index contributed by atoms with van der Waals surface area (Å²) in [6.07, 6.45) is 83.1. The van der Waals surface area contributed by atoms with E-state index in [1.807, 2.05) is 21.1 Å². The second kappa shape index (κ2) is 62.0. The van der Waals surface area contributed by atoms with Gasteiger partial charge in [0.2, 0.25) is 0 Å². The highest BCUT2D eigenvalue weighted by Gasteiger charge is 2.27. The van der Waals surface area contributed by atoms with Gasteiger partial charge in [0.25, 0.3) is 0 Å². The molecule has 0 amide bonds. The van der Waals surface area contributed by atoms with Crippen LogP contribution in [-0.2, 0) is 32.7 Å². The molecular formula is C71H131NO8P+. The van der Waals surface area contributed by atoms with Crippen LogP contribution in [0.2, 0.25) is 0 Å². The van der Waals surface area contributed by atoms with E-state index in [-0.39, 0.29) is 32.0 Å². The summed E-state index contributed by atoms with van der Waals surface area (Å²) in [5.74, 6) is -0.817. The third-order valence-electron chi connectivity index (χ3n) is 15.0. The molecule has 9 nitrogen and oxygen atoms in total. The number of quaternary nitrogens is 1. The normalized spacial score (nSPS) is 13.6. The lowest BCUT2D eigenvalue weighted by atomic mass is 10.0. The molecule has 0 aliphatic heterocycles. The standard InChI is InChI=1S/C71H130NO8P/c1-6-8-10-12-14-16-18-20-22-24-26-28-30-31-32-33-34-35-36-37-38-39-40-42-43-45-47-49-51-53-55-57-59-61-63-70(73)77-67-69(68-79-81(75,76)78-66-65-72(3,4)5)80-71(74)64-62-60-58-56-54-52-50-48-46-44-41-29-27-25-23-21-19-17-15-13-11-9-7-2/h9,11,15,17,21,23,27,29,44,46,50,52,69H,6-8,10,12-14,16,18-20,22,24-26,28,30-43,45,47-49,51,53-68H2,1-5H3/p+1/b11-9-,17-15-,23-21-,29-27-,46-44-,52-50-. The summed E-state index contributed by atoms with van der Waals surface area (Å²) < 4.78 is 34.6. The fourth-order valence-corrected chi connectivity index (χ4v) is 10.5. The van der Waals surface area contributed by atoms with Crippen molar-refractivity contribution in [1.29, 1.82) is 0 Å². The average Bonchev–Trinajstić information content (AvgIpc) is 3.43. The van der Waals surface area contributed by atoms with Crippen LogP contribution in [0.15, 0.2) is 72.9 Å². The fraction of sp³-hybridized carbons (Fsp3) is 0.803. The van der Waals surface area contributed by atoms with E-state index in [0.717, 1.165) is 83.5 Å². The summed E-state index contributed by atoms with van der Waals surface area (Å²) in [6, 6.07) is 0. The van der Waals surface area contributed by atoms with Gasteiger partial charge in [-0.3, -0.25) is 18.6 Å². The smallest absolute Gasteiger partial charge is 0.462 e. The third-order valence-corrected chi connectivity index (χ3v) is 16.0. The number of phosphoric acid groups is 1. The van der Waals surface area contributed by atoms with Gasteiger partial charge in [-0.25, -0.2) is 4.57 Å². The van der Waals surface area contributed by atoms with Crippen LogP contribution in [0.3, 0.4) is 0 Å². The van der Waals surface area contributed by atoms with Crippen molar-refractivity contribution in [3.63, 3.8) is 0 Å². The van der Waals surface area contributed by atoms with Crippen molar-refractivity contribution in [1.82, 2.24) is 0 Å². The molecule has 0 saturated heterocycles. The summed E-state index contributed by atoms with van der Waals surface area (Å²) in [6.45, 7) is 4.33. The van der Waals surface area contributed by atoms with Gasteiger partial charge >= 0.3 is 19.8 Å². The first-order chi connectivity index (χ1) is 39.5. The second-order valence-electron chi connectivity index (χ2n) is 24.2. The number of unbranched alkanes of at least 4 members (excludes halogenated alkanes) is 37. The molecule has 0 aromatic heterocycles. The highest BCUT2D eigenvalue weighted by molar-refractivity contribution is 7.47. The topological polar surface area (TPSA) is 108 Å². The number of hydrogen-bond donors (Lipinski definition) is 1. The van der Waals surface area contributed by atoms with Gasteiger partial charge in [0.15, 0.2) is 6.10 Å². The van der Waals surface area contributed by atoms with Crippen molar-refractivity contribution < 1.29 is 42.1 Å². The molecule has 0 spiro atoms. The van der Waals surface area contributed by atoms with Crippen molar-refractivity contribution in [3.05, 3.63) is 72.9 Å². The van der Waals surface area contributed by atoms with Crippen LogP contribution in [0, 0.1) is 0 Å². The number of carbonyl (C=O) groups is 2. The third kappa shape index (κ3) is 66.5. The monoisotopic (exact) mass is 1160 g/mol. The van der Waals surface area contributed by atoms with E-state index in [9.17, 15) is 19.0 Å². The summed E-state index contributed by atoms with van der Waals surface area (Å²) in [5, 5.41) is 0. The highest BCUT2D eigenvalue weighted by atomic mass is 31.2. The number of rotatable bonds is 63. The van der Waals surface area contributed by atoms with E-state index in [4.69, 9.17) is 18.5 Å². The molecule has 0 aliphatic carbocycles. The van der Waals surface area contributed by atoms with Crippen molar-refractivity contribution in [2.75, 3.05) is 47.5 Å². The molecule has 0 fully saturated rings. The van der Waals surface area contributed by atoms with Crippen molar-refractivity contribution in [2.45, 2.75) is 322 Å². The van der Waals surface area contributed by atoms with Gasteiger partial charge in [-0.15, -0.1) is 0 Å². The largest absolute Gasteiger partial charge is 0.472 e. The molecule has 81 heavy (non-hydrogen) atoms. The van der Waals surface area contributed by atoms with E-state index >= 15 is 0 Å². The number of phosphoric ester groups is 1. The molecule has 0 aromatic rings. The van der Waals surface area contributed by atoms with Gasteiger partial charge in [-0.2, -0.15) is 0 Å². The summed E-state index contributed by atoms with van der Waals surface area (Å²) in [7, 11) is 1.46. The van der Waals surface area contributed by atoms with Crippen molar-refractivity contribution >= 4 is 19.8 Å². The first kappa shape index (κ1) is 78.5. The second-order valence-corrected chi connectivity index (χ2v) is 25.6. The molecule has 0 radical (unpaired) electrons. The van der Waals surface area contributed by atoms with Crippen LogP contribution in [-0.4, -0.2) is 74.9 Å². The number of allylic oxidation sites excluding steroid dienone is 12. The van der Waals surface area contributed by atoms with Crippen LogP contribution in [0.25, 0.3) is 0 Å². The minimum atomic E-state index is -4.40. The number of carbonyl (C=O) groups excluding carboxylic acids is 2. The Bertz CT molecular complexity index is 1600. The predicted octanol–water partition coefficient (Wildman–Crippen LogP) is 22.0. The molecule has 0 rings (SSSR count). The fourth-order valence-electron chi connectivity index (χ4n) is 9.79. The Labute approximate surface area is 501 Å². The summed E-state index contributed by atoms with van der Waals surface area (Å²) in [5.41, 5.74) is 0. The molecule has 0 aromatic carbocycles. The Morgan fingerprint density at radius 3 is 1.05 bits per heavy atom.